The zero-order valence-electron chi connectivity index (χ0n) is 11.6. The smallest absolute Gasteiger partial charge is 0.255 e. The fourth-order valence-corrected chi connectivity index (χ4v) is 2.36. The van der Waals surface area contributed by atoms with Crippen molar-refractivity contribution in [3.05, 3.63) is 53.6 Å². The lowest BCUT2D eigenvalue weighted by atomic mass is 10.1. The van der Waals surface area contributed by atoms with E-state index in [-0.39, 0.29) is 17.8 Å². The first-order valence-electron chi connectivity index (χ1n) is 6.81. The molecular formula is C16H16N2O3. The third-order valence-corrected chi connectivity index (χ3v) is 3.36. The predicted molar refractivity (Wildman–Crippen MR) is 79.5 cm³/mol. The number of fused-ring (bicyclic) bond motifs is 1. The van der Waals surface area contributed by atoms with Crippen LogP contribution in [-0.4, -0.2) is 17.6 Å². The molecule has 0 radical (unpaired) electrons. The van der Waals surface area contributed by atoms with E-state index in [9.17, 15) is 9.90 Å². The van der Waals surface area contributed by atoms with Crippen LogP contribution in [0.5, 0.6) is 11.5 Å². The van der Waals surface area contributed by atoms with E-state index in [2.05, 4.69) is 10.6 Å². The molecule has 0 saturated carbocycles. The molecule has 0 aromatic heterocycles. The summed E-state index contributed by atoms with van der Waals surface area (Å²) < 4.78 is 5.37. The van der Waals surface area contributed by atoms with E-state index in [1.165, 1.54) is 0 Å². The summed E-state index contributed by atoms with van der Waals surface area (Å²) in [6, 6.07) is 12.4. The summed E-state index contributed by atoms with van der Waals surface area (Å²) in [7, 11) is 0. The van der Waals surface area contributed by atoms with Gasteiger partial charge in [-0.3, -0.25) is 4.79 Å². The SMILES string of the molecule is CCOc1cc([C@@H]2NC(=O)c3ccccc3N2)ccc1O. The number of rotatable bonds is 3. The number of benzene rings is 2. The second-order valence-electron chi connectivity index (χ2n) is 4.76. The third-order valence-electron chi connectivity index (χ3n) is 3.36. The van der Waals surface area contributed by atoms with Crippen molar-refractivity contribution in [1.29, 1.82) is 0 Å². The summed E-state index contributed by atoms with van der Waals surface area (Å²) in [5, 5.41) is 15.9. The quantitative estimate of drug-likeness (QED) is 0.810. The van der Waals surface area contributed by atoms with E-state index in [1.807, 2.05) is 25.1 Å². The lowest BCUT2D eigenvalue weighted by Crippen LogP contribution is -2.38. The van der Waals surface area contributed by atoms with Crippen LogP contribution < -0.4 is 15.4 Å². The molecular weight excluding hydrogens is 268 g/mol. The van der Waals surface area contributed by atoms with Crippen molar-refractivity contribution in [2.24, 2.45) is 0 Å². The van der Waals surface area contributed by atoms with Crippen molar-refractivity contribution in [2.45, 2.75) is 13.1 Å². The number of hydrogen-bond donors (Lipinski definition) is 3. The van der Waals surface area contributed by atoms with E-state index >= 15 is 0 Å². The normalized spacial score (nSPS) is 16.6. The monoisotopic (exact) mass is 284 g/mol. The second kappa shape index (κ2) is 5.36. The highest BCUT2D eigenvalue weighted by atomic mass is 16.5. The van der Waals surface area contributed by atoms with Gasteiger partial charge in [0.15, 0.2) is 11.5 Å². The summed E-state index contributed by atoms with van der Waals surface area (Å²) in [5.74, 6) is 0.369. The molecule has 0 bridgehead atoms. The Morgan fingerprint density at radius 1 is 1.19 bits per heavy atom. The Morgan fingerprint density at radius 3 is 2.81 bits per heavy atom. The molecule has 5 nitrogen and oxygen atoms in total. The maximum absolute atomic E-state index is 12.1. The van der Waals surface area contributed by atoms with Crippen molar-refractivity contribution in [2.75, 3.05) is 11.9 Å². The van der Waals surface area contributed by atoms with Gasteiger partial charge in [-0.05, 0) is 36.8 Å². The van der Waals surface area contributed by atoms with Gasteiger partial charge in [0.25, 0.3) is 5.91 Å². The maximum atomic E-state index is 12.1. The fraction of sp³-hybridized carbons (Fsp3) is 0.188. The Kier molecular flexibility index (Phi) is 3.39. The minimum Gasteiger partial charge on any atom is -0.504 e. The molecule has 3 N–H and O–H groups in total. The van der Waals surface area contributed by atoms with Crippen molar-refractivity contribution < 1.29 is 14.6 Å². The van der Waals surface area contributed by atoms with Crippen molar-refractivity contribution >= 4 is 11.6 Å². The Hall–Kier alpha value is -2.69. The minimum absolute atomic E-state index is 0.0862. The van der Waals surface area contributed by atoms with E-state index in [0.717, 1.165) is 11.3 Å². The first-order valence-corrected chi connectivity index (χ1v) is 6.81. The molecule has 108 valence electrons. The zero-order valence-corrected chi connectivity index (χ0v) is 11.6. The van der Waals surface area contributed by atoms with Crippen LogP contribution in [0, 0.1) is 0 Å². The van der Waals surface area contributed by atoms with Gasteiger partial charge in [-0.2, -0.15) is 0 Å². The predicted octanol–water partition coefficient (Wildman–Crippen LogP) is 2.65. The maximum Gasteiger partial charge on any atom is 0.255 e. The molecule has 1 heterocycles. The molecule has 21 heavy (non-hydrogen) atoms. The summed E-state index contributed by atoms with van der Waals surface area (Å²) in [5.41, 5.74) is 2.23. The second-order valence-corrected chi connectivity index (χ2v) is 4.76. The highest BCUT2D eigenvalue weighted by molar-refractivity contribution is 6.01. The molecule has 2 aromatic carbocycles. The van der Waals surface area contributed by atoms with Crippen LogP contribution in [0.2, 0.25) is 0 Å². The van der Waals surface area contributed by atoms with Gasteiger partial charge in [-0.15, -0.1) is 0 Å². The molecule has 1 atom stereocenters. The molecule has 0 fully saturated rings. The summed E-state index contributed by atoms with van der Waals surface area (Å²) >= 11 is 0. The topological polar surface area (TPSA) is 70.6 Å². The Bertz CT molecular complexity index is 685. The van der Waals surface area contributed by atoms with Gasteiger partial charge in [0.05, 0.1) is 12.2 Å². The highest BCUT2D eigenvalue weighted by Crippen LogP contribution is 2.32. The molecule has 1 aliphatic heterocycles. The lowest BCUT2D eigenvalue weighted by molar-refractivity contribution is 0.0935. The molecule has 5 heteroatoms. The standard InChI is InChI=1S/C16H16N2O3/c1-2-21-14-9-10(7-8-13(14)19)15-17-12-6-4-3-5-11(12)16(20)18-15/h3-9,15,17,19H,2H2,1H3,(H,18,20)/t15-/m0/s1. The van der Waals surface area contributed by atoms with Gasteiger partial charge in [-0.25, -0.2) is 0 Å². The number of phenolic OH excluding ortho intramolecular Hbond substituents is 1. The molecule has 0 aliphatic carbocycles. The first kappa shape index (κ1) is 13.3. The number of aromatic hydroxyl groups is 1. The summed E-state index contributed by atoms with van der Waals surface area (Å²) in [6.07, 6.45) is -0.354. The molecule has 3 rings (SSSR count). The van der Waals surface area contributed by atoms with Gasteiger partial charge < -0.3 is 20.5 Å². The molecule has 1 aliphatic rings. The molecule has 0 unspecified atom stereocenters. The van der Waals surface area contributed by atoms with Crippen molar-refractivity contribution in [1.82, 2.24) is 5.32 Å². The fourth-order valence-electron chi connectivity index (χ4n) is 2.36. The first-order chi connectivity index (χ1) is 10.2. The number of carbonyl (C=O) groups is 1. The van der Waals surface area contributed by atoms with E-state index in [4.69, 9.17) is 4.74 Å². The average Bonchev–Trinajstić information content (AvgIpc) is 2.50. The van der Waals surface area contributed by atoms with Crippen LogP contribution in [0.3, 0.4) is 0 Å². The lowest BCUT2D eigenvalue weighted by Gasteiger charge is -2.28. The van der Waals surface area contributed by atoms with Crippen LogP contribution in [0.4, 0.5) is 5.69 Å². The van der Waals surface area contributed by atoms with Crippen LogP contribution in [-0.2, 0) is 0 Å². The van der Waals surface area contributed by atoms with Crippen molar-refractivity contribution in [3.63, 3.8) is 0 Å². The van der Waals surface area contributed by atoms with Gasteiger partial charge in [0.1, 0.15) is 6.17 Å². The third kappa shape index (κ3) is 2.50. The number of carbonyl (C=O) groups excluding carboxylic acids is 1. The van der Waals surface area contributed by atoms with Crippen LogP contribution in [0.25, 0.3) is 0 Å². The van der Waals surface area contributed by atoms with Crippen LogP contribution in [0.1, 0.15) is 29.0 Å². The Balaban J connectivity index is 1.92. The van der Waals surface area contributed by atoms with Crippen LogP contribution in [0.15, 0.2) is 42.5 Å². The Labute approximate surface area is 122 Å². The molecule has 0 spiro atoms. The number of nitrogens with one attached hydrogen (secondary N) is 2. The van der Waals surface area contributed by atoms with E-state index < -0.39 is 0 Å². The van der Waals surface area contributed by atoms with Gasteiger partial charge >= 0.3 is 0 Å². The molecule has 0 saturated heterocycles. The number of amides is 1. The number of ether oxygens (including phenoxy) is 1. The van der Waals surface area contributed by atoms with Gasteiger partial charge in [0.2, 0.25) is 0 Å². The van der Waals surface area contributed by atoms with Crippen LogP contribution >= 0.6 is 0 Å². The average molecular weight is 284 g/mol. The minimum atomic E-state index is -0.354. The number of anilines is 1. The summed E-state index contributed by atoms with van der Waals surface area (Å²) in [6.45, 7) is 2.31. The van der Waals surface area contributed by atoms with E-state index in [1.54, 1.807) is 24.3 Å². The van der Waals surface area contributed by atoms with E-state index in [0.29, 0.717) is 17.9 Å². The highest BCUT2D eigenvalue weighted by Gasteiger charge is 2.24. The van der Waals surface area contributed by atoms with Gasteiger partial charge in [-0.1, -0.05) is 18.2 Å². The van der Waals surface area contributed by atoms with Crippen molar-refractivity contribution in [3.8, 4) is 11.5 Å². The molecule has 2 aromatic rings. The number of hydrogen-bond acceptors (Lipinski definition) is 4. The summed E-state index contributed by atoms with van der Waals surface area (Å²) in [4.78, 5) is 12.1. The zero-order chi connectivity index (χ0) is 14.8. The largest absolute Gasteiger partial charge is 0.504 e. The number of para-hydroxylation sites is 1. The Morgan fingerprint density at radius 2 is 2.00 bits per heavy atom. The molecule has 1 amide bonds. The van der Waals surface area contributed by atoms with Gasteiger partial charge in [0, 0.05) is 5.69 Å². The number of phenols is 1.